The van der Waals surface area contributed by atoms with Crippen molar-refractivity contribution in [3.63, 3.8) is 0 Å². The number of urea groups is 1. The number of hydrogen-bond acceptors (Lipinski definition) is 6. The van der Waals surface area contributed by atoms with Gasteiger partial charge in [0.05, 0.1) is 5.69 Å². The van der Waals surface area contributed by atoms with Gasteiger partial charge in [0.1, 0.15) is 23.4 Å². The van der Waals surface area contributed by atoms with Crippen molar-refractivity contribution >= 4 is 35.0 Å². The van der Waals surface area contributed by atoms with Gasteiger partial charge in [-0.25, -0.2) is 14.6 Å². The molecule has 0 radical (unpaired) electrons. The molecule has 35 heavy (non-hydrogen) atoms. The number of ether oxygens (including phenoxy) is 2. The van der Waals surface area contributed by atoms with E-state index in [4.69, 9.17) is 26.2 Å². The van der Waals surface area contributed by atoms with Crippen LogP contribution in [-0.4, -0.2) is 41.3 Å². The van der Waals surface area contributed by atoms with Crippen LogP contribution >= 0.6 is 11.6 Å². The van der Waals surface area contributed by atoms with Gasteiger partial charge in [-0.05, 0) is 74.8 Å². The summed E-state index contributed by atoms with van der Waals surface area (Å²) in [5.41, 5.74) is 1.79. The molecule has 182 valence electrons. The van der Waals surface area contributed by atoms with Crippen molar-refractivity contribution in [3.05, 3.63) is 71.0 Å². The second-order valence-corrected chi connectivity index (χ2v) is 8.46. The van der Waals surface area contributed by atoms with E-state index in [2.05, 4.69) is 20.9 Å². The van der Waals surface area contributed by atoms with Gasteiger partial charge in [-0.1, -0.05) is 11.6 Å². The summed E-state index contributed by atoms with van der Waals surface area (Å²) in [6.07, 6.45) is 3.17. The number of carboxylic acid groups (broad SMARTS) is 1. The molecule has 1 saturated heterocycles. The highest BCUT2D eigenvalue weighted by Gasteiger charge is 2.18. The van der Waals surface area contributed by atoms with E-state index in [1.165, 1.54) is 12.3 Å². The highest BCUT2D eigenvalue weighted by Crippen LogP contribution is 2.33. The molecule has 0 unspecified atom stereocenters. The molecule has 0 bridgehead atoms. The van der Waals surface area contributed by atoms with Crippen molar-refractivity contribution in [3.8, 4) is 17.2 Å². The first-order chi connectivity index (χ1) is 16.9. The van der Waals surface area contributed by atoms with Crippen LogP contribution in [0.3, 0.4) is 0 Å². The Morgan fingerprint density at radius 3 is 2.51 bits per heavy atom. The van der Waals surface area contributed by atoms with Crippen LogP contribution in [0.4, 0.5) is 16.2 Å². The van der Waals surface area contributed by atoms with Crippen molar-refractivity contribution in [2.24, 2.45) is 0 Å². The van der Waals surface area contributed by atoms with Crippen LogP contribution in [0.1, 0.15) is 28.9 Å². The largest absolute Gasteiger partial charge is 0.488 e. The summed E-state index contributed by atoms with van der Waals surface area (Å²) in [5.74, 6) is 0.213. The van der Waals surface area contributed by atoms with E-state index in [-0.39, 0.29) is 11.8 Å². The molecule has 1 fully saturated rings. The van der Waals surface area contributed by atoms with Crippen LogP contribution in [0.5, 0.6) is 17.2 Å². The monoisotopic (exact) mass is 496 g/mol. The Morgan fingerprint density at radius 2 is 1.80 bits per heavy atom. The third-order valence-corrected chi connectivity index (χ3v) is 5.79. The van der Waals surface area contributed by atoms with Crippen LogP contribution in [0.25, 0.3) is 0 Å². The summed E-state index contributed by atoms with van der Waals surface area (Å²) in [6.45, 7) is 3.63. The van der Waals surface area contributed by atoms with Gasteiger partial charge in [0.2, 0.25) is 0 Å². The Hall–Kier alpha value is -3.82. The van der Waals surface area contributed by atoms with Gasteiger partial charge in [0.15, 0.2) is 5.69 Å². The third kappa shape index (κ3) is 6.62. The van der Waals surface area contributed by atoms with E-state index in [1.807, 2.05) is 6.92 Å². The number of halogens is 1. The topological polar surface area (TPSA) is 122 Å². The standard InChI is InChI=1S/C25H25ClN4O5/c1-15-12-21(23(14-20(15)26)35-18-6-9-27-10-7-18)30-25(33)29-16-2-4-17(5-3-16)34-19-8-11-28-22(13-19)24(31)32/h2-5,8,11-14,18,27H,6-7,9-10H2,1H3,(H,31,32)(H2,29,30,33). The number of piperidine rings is 1. The quantitative estimate of drug-likeness (QED) is 0.349. The fourth-order valence-corrected chi connectivity index (χ4v) is 3.72. The number of nitrogens with one attached hydrogen (secondary N) is 3. The minimum absolute atomic E-state index is 0.0538. The number of nitrogens with zero attached hydrogens (tertiary/aromatic N) is 1. The Morgan fingerprint density at radius 1 is 1.06 bits per heavy atom. The first-order valence-electron chi connectivity index (χ1n) is 11.1. The number of aromatic carboxylic acids is 1. The summed E-state index contributed by atoms with van der Waals surface area (Å²) >= 11 is 6.30. The number of aromatic nitrogens is 1. The maximum absolute atomic E-state index is 12.7. The molecule has 0 saturated carbocycles. The molecule has 4 N–H and O–H groups in total. The molecule has 1 aliphatic rings. The van der Waals surface area contributed by atoms with Crippen LogP contribution in [-0.2, 0) is 0 Å². The average molecular weight is 497 g/mol. The zero-order valence-corrected chi connectivity index (χ0v) is 19.8. The fourth-order valence-electron chi connectivity index (χ4n) is 3.57. The van der Waals surface area contributed by atoms with E-state index >= 15 is 0 Å². The lowest BCUT2D eigenvalue weighted by molar-refractivity contribution is 0.0690. The van der Waals surface area contributed by atoms with E-state index in [0.717, 1.165) is 31.5 Å². The third-order valence-electron chi connectivity index (χ3n) is 5.39. The first-order valence-corrected chi connectivity index (χ1v) is 11.5. The SMILES string of the molecule is Cc1cc(NC(=O)Nc2ccc(Oc3ccnc(C(=O)O)c3)cc2)c(OC2CCNCC2)cc1Cl. The molecule has 3 aromatic rings. The number of rotatable bonds is 7. The van der Waals surface area contributed by atoms with E-state index < -0.39 is 12.0 Å². The Bertz CT molecular complexity index is 1210. The van der Waals surface area contributed by atoms with Crippen molar-refractivity contribution in [1.82, 2.24) is 10.3 Å². The minimum atomic E-state index is -1.14. The number of amides is 2. The molecule has 9 nitrogen and oxygen atoms in total. The van der Waals surface area contributed by atoms with Gasteiger partial charge in [-0.2, -0.15) is 0 Å². The van der Waals surface area contributed by atoms with Crippen LogP contribution < -0.4 is 25.4 Å². The number of benzene rings is 2. The summed E-state index contributed by atoms with van der Waals surface area (Å²) in [6, 6.07) is 12.6. The molecule has 4 rings (SSSR count). The molecule has 0 aliphatic carbocycles. The van der Waals surface area contributed by atoms with Gasteiger partial charge in [0.25, 0.3) is 0 Å². The van der Waals surface area contributed by atoms with Crippen molar-refractivity contribution in [1.29, 1.82) is 0 Å². The van der Waals surface area contributed by atoms with Crippen LogP contribution in [0.15, 0.2) is 54.7 Å². The van der Waals surface area contributed by atoms with Gasteiger partial charge in [-0.3, -0.25) is 0 Å². The molecule has 1 aliphatic heterocycles. The second-order valence-electron chi connectivity index (χ2n) is 8.05. The highest BCUT2D eigenvalue weighted by atomic mass is 35.5. The maximum atomic E-state index is 12.7. The number of aryl methyl sites for hydroxylation is 1. The van der Waals surface area contributed by atoms with E-state index in [1.54, 1.807) is 42.5 Å². The Labute approximate surface area is 207 Å². The lowest BCUT2D eigenvalue weighted by atomic mass is 10.1. The lowest BCUT2D eigenvalue weighted by Gasteiger charge is -2.25. The molecule has 10 heteroatoms. The van der Waals surface area contributed by atoms with Crippen molar-refractivity contribution in [2.75, 3.05) is 23.7 Å². The number of hydrogen-bond donors (Lipinski definition) is 4. The molecular weight excluding hydrogens is 472 g/mol. The Kier molecular flexibility index (Phi) is 7.69. The van der Waals surface area contributed by atoms with Gasteiger partial charge < -0.3 is 30.5 Å². The van der Waals surface area contributed by atoms with E-state index in [0.29, 0.717) is 33.6 Å². The molecule has 2 aromatic carbocycles. The van der Waals surface area contributed by atoms with E-state index in [9.17, 15) is 9.59 Å². The predicted molar refractivity (Wildman–Crippen MR) is 133 cm³/mol. The first kappa shape index (κ1) is 24.3. The Balaban J connectivity index is 1.40. The number of pyridine rings is 1. The molecular formula is C25H25ClN4O5. The van der Waals surface area contributed by atoms with Gasteiger partial charge in [-0.15, -0.1) is 0 Å². The second kappa shape index (κ2) is 11.1. The average Bonchev–Trinajstić information content (AvgIpc) is 2.84. The van der Waals surface area contributed by atoms with Gasteiger partial charge >= 0.3 is 12.0 Å². The number of carboxylic acids is 1. The molecule has 0 atom stereocenters. The molecule has 2 amide bonds. The normalized spacial score (nSPS) is 13.7. The predicted octanol–water partition coefficient (Wildman–Crippen LogP) is 5.31. The van der Waals surface area contributed by atoms with Crippen molar-refractivity contribution in [2.45, 2.75) is 25.9 Å². The zero-order chi connectivity index (χ0) is 24.8. The summed E-state index contributed by atoms with van der Waals surface area (Å²) in [4.78, 5) is 27.5. The number of carbonyl (C=O) groups is 2. The van der Waals surface area contributed by atoms with Gasteiger partial charge in [0, 0.05) is 29.0 Å². The smallest absolute Gasteiger partial charge is 0.354 e. The summed E-state index contributed by atoms with van der Waals surface area (Å²) in [5, 5.41) is 18.5. The summed E-state index contributed by atoms with van der Waals surface area (Å²) < 4.78 is 11.8. The number of anilines is 2. The fraction of sp³-hybridized carbons (Fsp3) is 0.240. The maximum Gasteiger partial charge on any atom is 0.354 e. The highest BCUT2D eigenvalue weighted by molar-refractivity contribution is 6.31. The van der Waals surface area contributed by atoms with Crippen molar-refractivity contribution < 1.29 is 24.2 Å². The lowest BCUT2D eigenvalue weighted by Crippen LogP contribution is -2.34. The molecule has 1 aromatic heterocycles. The zero-order valence-electron chi connectivity index (χ0n) is 19.0. The summed E-state index contributed by atoms with van der Waals surface area (Å²) in [7, 11) is 0. The van der Waals surface area contributed by atoms with Crippen LogP contribution in [0.2, 0.25) is 5.02 Å². The molecule has 2 heterocycles. The van der Waals surface area contributed by atoms with Crippen LogP contribution in [0, 0.1) is 6.92 Å². The number of carbonyl (C=O) groups excluding carboxylic acids is 1. The minimum Gasteiger partial charge on any atom is -0.488 e. The molecule has 0 spiro atoms.